The van der Waals surface area contributed by atoms with E-state index in [4.69, 9.17) is 0 Å². The molecule has 0 bridgehead atoms. The maximum absolute atomic E-state index is 12.3. The molecule has 0 radical (unpaired) electrons. The first kappa shape index (κ1) is 16.2. The largest absolute Gasteiger partial charge is 0.321 e. The number of rotatable bonds is 3. The third-order valence-electron chi connectivity index (χ3n) is 4.78. The lowest BCUT2D eigenvalue weighted by Crippen LogP contribution is -2.03. The molecule has 0 aliphatic carbocycles. The van der Waals surface area contributed by atoms with Crippen molar-refractivity contribution in [2.24, 2.45) is 0 Å². The number of carbonyl (C=O) groups excluding carboxylic acids is 1. The topological polar surface area (TPSA) is 70.7 Å². The first-order valence-corrected chi connectivity index (χ1v) is 8.97. The van der Waals surface area contributed by atoms with Gasteiger partial charge in [0.1, 0.15) is 0 Å². The van der Waals surface area contributed by atoms with Gasteiger partial charge in [0.05, 0.1) is 11.2 Å². The van der Waals surface area contributed by atoms with E-state index in [1.165, 1.54) is 0 Å². The Bertz CT molecular complexity index is 1250. The molecular weight excluding hydrogens is 348 g/mol. The van der Waals surface area contributed by atoms with Crippen molar-refractivity contribution in [1.29, 1.82) is 0 Å². The number of hydrogen-bond acceptors (Lipinski definition) is 3. The highest BCUT2D eigenvalue weighted by atomic mass is 16.2. The number of H-pyrrole nitrogens is 1. The average Bonchev–Trinajstić information content (AvgIpc) is 3.28. The van der Waals surface area contributed by atoms with Crippen molar-refractivity contribution in [3.05, 3.63) is 89.4 Å². The van der Waals surface area contributed by atoms with Crippen LogP contribution in [0.1, 0.15) is 22.4 Å². The number of para-hydroxylation sites is 1. The molecule has 0 fully saturated rings. The lowest BCUT2D eigenvalue weighted by Gasteiger charge is -1.99. The van der Waals surface area contributed by atoms with Gasteiger partial charge in [-0.1, -0.05) is 30.3 Å². The number of aromatic nitrogens is 3. The van der Waals surface area contributed by atoms with Crippen LogP contribution in [0.5, 0.6) is 0 Å². The van der Waals surface area contributed by atoms with Crippen LogP contribution >= 0.6 is 0 Å². The first-order valence-electron chi connectivity index (χ1n) is 8.97. The molecule has 28 heavy (non-hydrogen) atoms. The standard InChI is InChI=1S/C23H16N4O/c28-23-19(17-3-1-2-4-20(17)25-23)13-16-5-7-18-21(26-27-22(18)14-16)8-6-15-9-11-24-12-10-15/h1-14H,(H,25,28)(H,26,27)/b8-6+,19-13?. The summed E-state index contributed by atoms with van der Waals surface area (Å²) >= 11 is 0. The molecule has 1 aliphatic rings. The number of carbonyl (C=O) groups is 1. The number of aromatic amines is 1. The molecule has 2 aromatic heterocycles. The van der Waals surface area contributed by atoms with E-state index in [1.54, 1.807) is 12.4 Å². The monoisotopic (exact) mass is 364 g/mol. The third-order valence-corrected chi connectivity index (χ3v) is 4.78. The highest BCUT2D eigenvalue weighted by Crippen LogP contribution is 2.33. The zero-order valence-electron chi connectivity index (χ0n) is 14.9. The highest BCUT2D eigenvalue weighted by molar-refractivity contribution is 6.34. The first-order chi connectivity index (χ1) is 13.8. The molecule has 2 N–H and O–H groups in total. The van der Waals surface area contributed by atoms with Gasteiger partial charge < -0.3 is 5.32 Å². The second-order valence-corrected chi connectivity index (χ2v) is 6.59. The van der Waals surface area contributed by atoms with Crippen LogP contribution in [0.3, 0.4) is 0 Å². The molecule has 4 aromatic rings. The number of benzene rings is 2. The van der Waals surface area contributed by atoms with Gasteiger partial charge in [0, 0.05) is 34.6 Å². The van der Waals surface area contributed by atoms with Gasteiger partial charge in [-0.2, -0.15) is 5.10 Å². The van der Waals surface area contributed by atoms with E-state index in [-0.39, 0.29) is 5.91 Å². The van der Waals surface area contributed by atoms with Crippen LogP contribution in [-0.4, -0.2) is 21.1 Å². The van der Waals surface area contributed by atoms with Crippen LogP contribution in [0, 0.1) is 0 Å². The number of pyridine rings is 1. The Balaban J connectivity index is 1.49. The number of nitrogens with zero attached hydrogens (tertiary/aromatic N) is 2. The fraction of sp³-hybridized carbons (Fsp3) is 0. The molecule has 5 nitrogen and oxygen atoms in total. The summed E-state index contributed by atoms with van der Waals surface area (Å²) in [5.74, 6) is -0.0770. The van der Waals surface area contributed by atoms with Gasteiger partial charge in [-0.05, 0) is 53.6 Å². The van der Waals surface area contributed by atoms with Crippen molar-refractivity contribution in [2.75, 3.05) is 5.32 Å². The summed E-state index contributed by atoms with van der Waals surface area (Å²) in [5, 5.41) is 11.4. The quantitative estimate of drug-likeness (QED) is 0.521. The predicted octanol–water partition coefficient (Wildman–Crippen LogP) is 4.62. The van der Waals surface area contributed by atoms with Crippen molar-refractivity contribution in [1.82, 2.24) is 15.2 Å². The normalized spacial score (nSPS) is 14.7. The van der Waals surface area contributed by atoms with Crippen molar-refractivity contribution in [3.63, 3.8) is 0 Å². The molecule has 1 amide bonds. The van der Waals surface area contributed by atoms with Gasteiger partial charge in [-0.3, -0.25) is 14.9 Å². The number of hydrogen-bond donors (Lipinski definition) is 2. The molecule has 1 aliphatic heterocycles. The summed E-state index contributed by atoms with van der Waals surface area (Å²) in [6, 6.07) is 17.6. The van der Waals surface area contributed by atoms with Crippen molar-refractivity contribution in [2.45, 2.75) is 0 Å². The molecule has 0 unspecified atom stereocenters. The molecule has 3 heterocycles. The van der Waals surface area contributed by atoms with E-state index < -0.39 is 0 Å². The van der Waals surface area contributed by atoms with Crippen LogP contribution < -0.4 is 5.32 Å². The SMILES string of the molecule is O=C1Nc2ccccc2C1=Cc1ccc2c(/C=C/c3ccncc3)n[nH]c2c1. The van der Waals surface area contributed by atoms with Crippen LogP contribution in [0.25, 0.3) is 34.7 Å². The highest BCUT2D eigenvalue weighted by Gasteiger charge is 2.23. The summed E-state index contributed by atoms with van der Waals surface area (Å²) in [4.78, 5) is 16.3. The minimum atomic E-state index is -0.0770. The van der Waals surface area contributed by atoms with Gasteiger partial charge in [0.2, 0.25) is 0 Å². The van der Waals surface area contributed by atoms with E-state index in [0.29, 0.717) is 5.57 Å². The number of anilines is 1. The fourth-order valence-corrected chi connectivity index (χ4v) is 3.37. The van der Waals surface area contributed by atoms with E-state index >= 15 is 0 Å². The second kappa shape index (κ2) is 6.63. The maximum Gasteiger partial charge on any atom is 0.256 e. The summed E-state index contributed by atoms with van der Waals surface area (Å²) in [5.41, 5.74) is 6.27. The van der Waals surface area contributed by atoms with Gasteiger partial charge in [-0.15, -0.1) is 0 Å². The van der Waals surface area contributed by atoms with Crippen molar-refractivity contribution in [3.8, 4) is 0 Å². The average molecular weight is 364 g/mol. The Kier molecular flexibility index (Phi) is 3.84. The molecule has 0 atom stereocenters. The lowest BCUT2D eigenvalue weighted by molar-refractivity contribution is -0.110. The Labute approximate surface area is 161 Å². The van der Waals surface area contributed by atoms with Crippen LogP contribution in [0.2, 0.25) is 0 Å². The van der Waals surface area contributed by atoms with E-state index in [9.17, 15) is 4.79 Å². The molecule has 2 aromatic carbocycles. The zero-order chi connectivity index (χ0) is 18.9. The van der Waals surface area contributed by atoms with Crippen molar-refractivity contribution < 1.29 is 4.79 Å². The summed E-state index contributed by atoms with van der Waals surface area (Å²) < 4.78 is 0. The Morgan fingerprint density at radius 3 is 2.64 bits per heavy atom. The molecule has 5 heteroatoms. The minimum absolute atomic E-state index is 0.0770. The van der Waals surface area contributed by atoms with E-state index in [1.807, 2.05) is 72.8 Å². The van der Waals surface area contributed by atoms with Crippen molar-refractivity contribution >= 4 is 46.3 Å². The lowest BCUT2D eigenvalue weighted by atomic mass is 10.0. The van der Waals surface area contributed by atoms with Gasteiger partial charge >= 0.3 is 0 Å². The smallest absolute Gasteiger partial charge is 0.256 e. The molecule has 0 saturated carbocycles. The second-order valence-electron chi connectivity index (χ2n) is 6.59. The van der Waals surface area contributed by atoms with Gasteiger partial charge in [-0.25, -0.2) is 0 Å². The van der Waals surface area contributed by atoms with E-state index in [0.717, 1.165) is 39.0 Å². The number of amides is 1. The maximum atomic E-state index is 12.3. The Hall–Kier alpha value is -3.99. The Morgan fingerprint density at radius 1 is 0.893 bits per heavy atom. The summed E-state index contributed by atoms with van der Waals surface area (Å²) in [6.07, 6.45) is 9.42. The molecule has 134 valence electrons. The van der Waals surface area contributed by atoms with Crippen LogP contribution in [-0.2, 0) is 4.79 Å². The Morgan fingerprint density at radius 2 is 1.75 bits per heavy atom. The van der Waals surface area contributed by atoms with Crippen LogP contribution in [0.4, 0.5) is 5.69 Å². The minimum Gasteiger partial charge on any atom is -0.321 e. The summed E-state index contributed by atoms with van der Waals surface area (Å²) in [6.45, 7) is 0. The van der Waals surface area contributed by atoms with Gasteiger partial charge in [0.25, 0.3) is 5.91 Å². The zero-order valence-corrected chi connectivity index (χ0v) is 14.9. The predicted molar refractivity (Wildman–Crippen MR) is 112 cm³/mol. The fourth-order valence-electron chi connectivity index (χ4n) is 3.37. The number of nitrogens with one attached hydrogen (secondary N) is 2. The molecule has 0 saturated heterocycles. The molecule has 0 spiro atoms. The number of fused-ring (bicyclic) bond motifs is 2. The third kappa shape index (κ3) is 2.89. The molecule has 5 rings (SSSR count). The summed E-state index contributed by atoms with van der Waals surface area (Å²) in [7, 11) is 0. The van der Waals surface area contributed by atoms with Gasteiger partial charge in [0.15, 0.2) is 0 Å². The van der Waals surface area contributed by atoms with E-state index in [2.05, 4.69) is 20.5 Å². The molecular formula is C23H16N4O. The van der Waals surface area contributed by atoms with Crippen LogP contribution in [0.15, 0.2) is 67.0 Å².